The van der Waals surface area contributed by atoms with E-state index in [0.29, 0.717) is 26.0 Å². The molecule has 2 unspecified atom stereocenters. The first-order valence-corrected chi connectivity index (χ1v) is 7.05. The lowest BCUT2D eigenvalue weighted by molar-refractivity contribution is -0.122. The van der Waals surface area contributed by atoms with Gasteiger partial charge in [-0.15, -0.1) is 0 Å². The standard InChI is InChI=1S/C15H19F2NO3/c16-12-3-1-4-13(17)14(12)10-9-11(10)15(20)18-5-2-7-21-8-6-19/h1,3-4,10-11,19H,2,5-9H2,(H,18,20). The maximum absolute atomic E-state index is 13.6. The van der Waals surface area contributed by atoms with Gasteiger partial charge in [-0.2, -0.15) is 0 Å². The van der Waals surface area contributed by atoms with Crippen molar-refractivity contribution >= 4 is 5.91 Å². The van der Waals surface area contributed by atoms with Crippen molar-refractivity contribution in [2.75, 3.05) is 26.4 Å². The van der Waals surface area contributed by atoms with Gasteiger partial charge in [0, 0.05) is 30.6 Å². The normalized spacial score (nSPS) is 20.3. The van der Waals surface area contributed by atoms with E-state index in [4.69, 9.17) is 9.84 Å². The van der Waals surface area contributed by atoms with Gasteiger partial charge in [0.2, 0.25) is 5.91 Å². The topological polar surface area (TPSA) is 58.6 Å². The molecule has 6 heteroatoms. The Morgan fingerprint density at radius 2 is 2.05 bits per heavy atom. The molecule has 1 aromatic rings. The molecule has 0 aromatic heterocycles. The van der Waals surface area contributed by atoms with Crippen molar-refractivity contribution < 1.29 is 23.4 Å². The SMILES string of the molecule is O=C(NCCCOCCO)C1CC1c1c(F)cccc1F. The van der Waals surface area contributed by atoms with Gasteiger partial charge in [0.1, 0.15) is 11.6 Å². The average molecular weight is 299 g/mol. The first-order valence-electron chi connectivity index (χ1n) is 7.05. The number of hydrogen-bond acceptors (Lipinski definition) is 3. The van der Waals surface area contributed by atoms with Crippen molar-refractivity contribution in [3.05, 3.63) is 35.4 Å². The number of rotatable bonds is 8. The van der Waals surface area contributed by atoms with E-state index in [1.54, 1.807) is 0 Å². The number of ether oxygens (including phenoxy) is 1. The first-order chi connectivity index (χ1) is 10.1. The van der Waals surface area contributed by atoms with Crippen molar-refractivity contribution in [3.63, 3.8) is 0 Å². The Bertz CT molecular complexity index is 476. The predicted octanol–water partition coefficient (Wildman–Crippen LogP) is 1.58. The summed E-state index contributed by atoms with van der Waals surface area (Å²) in [7, 11) is 0. The number of nitrogens with one attached hydrogen (secondary N) is 1. The van der Waals surface area contributed by atoms with Gasteiger partial charge in [0.05, 0.1) is 13.2 Å². The number of carbonyl (C=O) groups is 1. The van der Waals surface area contributed by atoms with E-state index >= 15 is 0 Å². The molecule has 4 nitrogen and oxygen atoms in total. The summed E-state index contributed by atoms with van der Waals surface area (Å²) in [6.45, 7) is 1.17. The Hall–Kier alpha value is -1.53. The molecular weight excluding hydrogens is 280 g/mol. The third-order valence-corrected chi connectivity index (χ3v) is 3.50. The highest BCUT2D eigenvalue weighted by Crippen LogP contribution is 2.49. The fourth-order valence-electron chi connectivity index (χ4n) is 2.35. The summed E-state index contributed by atoms with van der Waals surface area (Å²) >= 11 is 0. The number of carbonyl (C=O) groups excluding carboxylic acids is 1. The van der Waals surface area contributed by atoms with Crippen LogP contribution in [-0.2, 0) is 9.53 Å². The van der Waals surface area contributed by atoms with Crippen molar-refractivity contribution in [1.82, 2.24) is 5.32 Å². The minimum absolute atomic E-state index is 0.0175. The van der Waals surface area contributed by atoms with Crippen LogP contribution in [0.4, 0.5) is 8.78 Å². The third kappa shape index (κ3) is 4.22. The smallest absolute Gasteiger partial charge is 0.223 e. The molecule has 0 heterocycles. The summed E-state index contributed by atoms with van der Waals surface area (Å²) in [6, 6.07) is 3.74. The number of amides is 1. The molecule has 1 aliphatic carbocycles. The quantitative estimate of drug-likeness (QED) is 0.717. The highest BCUT2D eigenvalue weighted by molar-refractivity contribution is 5.82. The van der Waals surface area contributed by atoms with Gasteiger partial charge in [-0.25, -0.2) is 8.78 Å². The first kappa shape index (κ1) is 15.9. The molecule has 2 atom stereocenters. The molecule has 0 aliphatic heterocycles. The number of aliphatic hydroxyl groups is 1. The van der Waals surface area contributed by atoms with E-state index in [1.807, 2.05) is 0 Å². The Morgan fingerprint density at radius 3 is 2.71 bits per heavy atom. The van der Waals surface area contributed by atoms with Gasteiger partial charge in [-0.1, -0.05) is 6.07 Å². The van der Waals surface area contributed by atoms with Crippen LogP contribution in [-0.4, -0.2) is 37.4 Å². The predicted molar refractivity (Wildman–Crippen MR) is 72.7 cm³/mol. The number of benzene rings is 1. The van der Waals surface area contributed by atoms with Crippen LogP contribution in [0.2, 0.25) is 0 Å². The van der Waals surface area contributed by atoms with Gasteiger partial charge in [-0.3, -0.25) is 4.79 Å². The van der Waals surface area contributed by atoms with E-state index < -0.39 is 11.6 Å². The van der Waals surface area contributed by atoms with Crippen LogP contribution in [0.1, 0.15) is 24.3 Å². The Morgan fingerprint density at radius 1 is 1.33 bits per heavy atom. The fraction of sp³-hybridized carbons (Fsp3) is 0.533. The molecule has 0 bridgehead atoms. The van der Waals surface area contributed by atoms with Crippen molar-refractivity contribution in [1.29, 1.82) is 0 Å². The number of hydrogen-bond donors (Lipinski definition) is 2. The second-order valence-corrected chi connectivity index (χ2v) is 5.06. The maximum atomic E-state index is 13.6. The molecule has 1 aliphatic rings. The van der Waals surface area contributed by atoms with Gasteiger partial charge in [-0.05, 0) is 25.0 Å². The van der Waals surface area contributed by atoms with Crippen LogP contribution in [0.5, 0.6) is 0 Å². The molecule has 1 aromatic carbocycles. The summed E-state index contributed by atoms with van der Waals surface area (Å²) in [4.78, 5) is 11.9. The van der Waals surface area contributed by atoms with E-state index in [0.717, 1.165) is 0 Å². The molecule has 1 fully saturated rings. The molecular formula is C15H19F2NO3. The molecule has 0 spiro atoms. The number of aliphatic hydroxyl groups excluding tert-OH is 1. The molecule has 2 N–H and O–H groups in total. The molecule has 1 saturated carbocycles. The van der Waals surface area contributed by atoms with Crippen molar-refractivity contribution in [2.45, 2.75) is 18.8 Å². The Balaban J connectivity index is 1.74. The second kappa shape index (κ2) is 7.47. The molecule has 116 valence electrons. The molecule has 1 amide bonds. The van der Waals surface area contributed by atoms with Crippen LogP contribution in [0, 0.1) is 17.6 Å². The average Bonchev–Trinajstić information content (AvgIpc) is 3.22. The maximum Gasteiger partial charge on any atom is 0.223 e. The minimum Gasteiger partial charge on any atom is -0.394 e. The van der Waals surface area contributed by atoms with Crippen molar-refractivity contribution in [2.24, 2.45) is 5.92 Å². The van der Waals surface area contributed by atoms with Crippen LogP contribution in [0.25, 0.3) is 0 Å². The summed E-state index contributed by atoms with van der Waals surface area (Å²) in [5.74, 6) is -2.07. The monoisotopic (exact) mass is 299 g/mol. The van der Waals surface area contributed by atoms with Crippen molar-refractivity contribution in [3.8, 4) is 0 Å². The molecule has 0 radical (unpaired) electrons. The summed E-state index contributed by atoms with van der Waals surface area (Å²) in [5, 5.41) is 11.3. The van der Waals surface area contributed by atoms with Gasteiger partial charge in [0.25, 0.3) is 0 Å². The Labute approximate surface area is 122 Å². The van der Waals surface area contributed by atoms with Crippen LogP contribution < -0.4 is 5.32 Å². The zero-order chi connectivity index (χ0) is 15.2. The zero-order valence-electron chi connectivity index (χ0n) is 11.6. The van der Waals surface area contributed by atoms with Gasteiger partial charge >= 0.3 is 0 Å². The summed E-state index contributed by atoms with van der Waals surface area (Å²) in [6.07, 6.45) is 1.11. The van der Waals surface area contributed by atoms with Crippen LogP contribution >= 0.6 is 0 Å². The lowest BCUT2D eigenvalue weighted by atomic mass is 10.1. The minimum atomic E-state index is -0.590. The Kier molecular flexibility index (Phi) is 5.64. The lowest BCUT2D eigenvalue weighted by Gasteiger charge is -2.06. The van der Waals surface area contributed by atoms with E-state index in [9.17, 15) is 13.6 Å². The highest BCUT2D eigenvalue weighted by atomic mass is 19.1. The largest absolute Gasteiger partial charge is 0.394 e. The summed E-state index contributed by atoms with van der Waals surface area (Å²) < 4.78 is 32.3. The highest BCUT2D eigenvalue weighted by Gasteiger charge is 2.46. The van der Waals surface area contributed by atoms with E-state index in [-0.39, 0.29) is 36.5 Å². The molecule has 21 heavy (non-hydrogen) atoms. The van der Waals surface area contributed by atoms with E-state index in [1.165, 1.54) is 18.2 Å². The number of halogens is 2. The van der Waals surface area contributed by atoms with Crippen LogP contribution in [0.3, 0.4) is 0 Å². The lowest BCUT2D eigenvalue weighted by Crippen LogP contribution is -2.27. The molecule has 2 rings (SSSR count). The summed E-state index contributed by atoms with van der Waals surface area (Å²) in [5.41, 5.74) is 0.0175. The van der Waals surface area contributed by atoms with Crippen LogP contribution in [0.15, 0.2) is 18.2 Å². The molecule has 0 saturated heterocycles. The second-order valence-electron chi connectivity index (χ2n) is 5.06. The zero-order valence-corrected chi connectivity index (χ0v) is 11.6. The van der Waals surface area contributed by atoms with E-state index in [2.05, 4.69) is 5.32 Å². The van der Waals surface area contributed by atoms with Gasteiger partial charge in [0.15, 0.2) is 0 Å². The van der Waals surface area contributed by atoms with Gasteiger partial charge < -0.3 is 15.2 Å². The third-order valence-electron chi connectivity index (χ3n) is 3.50. The fourth-order valence-corrected chi connectivity index (χ4v) is 2.35.